The lowest BCUT2D eigenvalue weighted by Crippen LogP contribution is -2.37. The van der Waals surface area contributed by atoms with Gasteiger partial charge in [-0.2, -0.15) is 0 Å². The largest absolute Gasteiger partial charge is 0.389 e. The van der Waals surface area contributed by atoms with E-state index in [9.17, 15) is 5.11 Å². The summed E-state index contributed by atoms with van der Waals surface area (Å²) in [6.45, 7) is 1.10. The van der Waals surface area contributed by atoms with Gasteiger partial charge in [-0.25, -0.2) is 0 Å². The van der Waals surface area contributed by atoms with E-state index in [1.807, 2.05) is 0 Å². The van der Waals surface area contributed by atoms with E-state index < -0.39 is 0 Å². The smallest absolute Gasteiger partial charge is 0.0897 e. The van der Waals surface area contributed by atoms with Gasteiger partial charge in [0.15, 0.2) is 0 Å². The molecule has 0 aliphatic heterocycles. The second kappa shape index (κ2) is 8.08. The molecule has 0 spiro atoms. The number of methoxy groups -OCH3 is 1. The molecule has 1 aliphatic carbocycles. The van der Waals surface area contributed by atoms with Gasteiger partial charge in [-0.1, -0.05) is 32.1 Å². The molecule has 90 valence electrons. The Morgan fingerprint density at radius 1 is 1.20 bits per heavy atom. The highest BCUT2D eigenvalue weighted by atomic mass is 16.5. The van der Waals surface area contributed by atoms with Crippen LogP contribution < -0.4 is 5.32 Å². The molecule has 0 bridgehead atoms. The molecule has 3 nitrogen and oxygen atoms in total. The Kier molecular flexibility index (Phi) is 6.98. The van der Waals surface area contributed by atoms with Crippen LogP contribution in [0, 0.1) is 0 Å². The molecular weight excluding hydrogens is 190 g/mol. The molecule has 1 atom stereocenters. The topological polar surface area (TPSA) is 41.5 Å². The monoisotopic (exact) mass is 215 g/mol. The minimum atomic E-state index is -0.361. The van der Waals surface area contributed by atoms with E-state index in [0.717, 1.165) is 0 Å². The van der Waals surface area contributed by atoms with E-state index in [1.54, 1.807) is 7.11 Å². The molecular formula is C12H25NO2. The average molecular weight is 215 g/mol. The van der Waals surface area contributed by atoms with Gasteiger partial charge >= 0.3 is 0 Å². The summed E-state index contributed by atoms with van der Waals surface area (Å²) in [5.74, 6) is 0. The highest BCUT2D eigenvalue weighted by Gasteiger charge is 2.12. The summed E-state index contributed by atoms with van der Waals surface area (Å²) < 4.78 is 4.90. The van der Waals surface area contributed by atoms with Gasteiger partial charge in [-0.3, -0.25) is 0 Å². The molecule has 0 aromatic carbocycles. The fourth-order valence-corrected chi connectivity index (χ4v) is 2.21. The first-order valence-corrected chi connectivity index (χ1v) is 6.23. The fraction of sp³-hybridized carbons (Fsp3) is 1.00. The number of ether oxygens (including phenoxy) is 1. The van der Waals surface area contributed by atoms with E-state index in [4.69, 9.17) is 4.74 Å². The van der Waals surface area contributed by atoms with Crippen molar-refractivity contribution >= 4 is 0 Å². The van der Waals surface area contributed by atoms with Crippen LogP contribution in [0.15, 0.2) is 0 Å². The van der Waals surface area contributed by atoms with Gasteiger partial charge in [-0.15, -0.1) is 0 Å². The van der Waals surface area contributed by atoms with Crippen molar-refractivity contribution in [2.75, 3.05) is 20.3 Å². The second-order valence-electron chi connectivity index (χ2n) is 4.56. The van der Waals surface area contributed by atoms with Crippen molar-refractivity contribution < 1.29 is 9.84 Å². The number of aliphatic hydroxyl groups is 1. The normalized spacial score (nSPS) is 22.0. The lowest BCUT2D eigenvalue weighted by atomic mass is 9.97. The molecule has 1 aliphatic rings. The Morgan fingerprint density at radius 2 is 1.80 bits per heavy atom. The van der Waals surface area contributed by atoms with Crippen molar-refractivity contribution in [3.63, 3.8) is 0 Å². The van der Waals surface area contributed by atoms with E-state index in [1.165, 1.54) is 44.9 Å². The summed E-state index contributed by atoms with van der Waals surface area (Å²) in [5, 5.41) is 13.0. The van der Waals surface area contributed by atoms with Crippen molar-refractivity contribution in [1.82, 2.24) is 5.32 Å². The minimum absolute atomic E-state index is 0.361. The first-order chi connectivity index (χ1) is 7.33. The van der Waals surface area contributed by atoms with Crippen molar-refractivity contribution in [3.8, 4) is 0 Å². The lowest BCUT2D eigenvalue weighted by Gasteiger charge is -2.22. The van der Waals surface area contributed by atoms with Gasteiger partial charge in [0, 0.05) is 19.7 Å². The molecule has 1 unspecified atom stereocenters. The zero-order chi connectivity index (χ0) is 10.9. The van der Waals surface area contributed by atoms with Crippen LogP contribution in [0.5, 0.6) is 0 Å². The highest BCUT2D eigenvalue weighted by Crippen LogP contribution is 2.16. The zero-order valence-electron chi connectivity index (χ0n) is 9.87. The second-order valence-corrected chi connectivity index (χ2v) is 4.56. The lowest BCUT2D eigenvalue weighted by molar-refractivity contribution is 0.0620. The van der Waals surface area contributed by atoms with Crippen LogP contribution >= 0.6 is 0 Å². The van der Waals surface area contributed by atoms with Crippen molar-refractivity contribution in [2.24, 2.45) is 0 Å². The first-order valence-electron chi connectivity index (χ1n) is 6.23. The summed E-state index contributed by atoms with van der Waals surface area (Å²) in [6, 6.07) is 0.608. The predicted molar refractivity (Wildman–Crippen MR) is 62.0 cm³/mol. The quantitative estimate of drug-likeness (QED) is 0.733. The Bertz CT molecular complexity index is 145. The summed E-state index contributed by atoms with van der Waals surface area (Å²) in [7, 11) is 1.62. The Morgan fingerprint density at radius 3 is 2.40 bits per heavy atom. The van der Waals surface area contributed by atoms with Crippen molar-refractivity contribution in [1.29, 1.82) is 0 Å². The van der Waals surface area contributed by atoms with E-state index in [2.05, 4.69) is 5.32 Å². The number of rotatable bonds is 5. The van der Waals surface area contributed by atoms with Crippen LogP contribution in [0.25, 0.3) is 0 Å². The first kappa shape index (κ1) is 12.9. The van der Waals surface area contributed by atoms with E-state index in [-0.39, 0.29) is 6.10 Å². The Balaban J connectivity index is 2.11. The van der Waals surface area contributed by atoms with E-state index >= 15 is 0 Å². The number of hydrogen-bond donors (Lipinski definition) is 2. The summed E-state index contributed by atoms with van der Waals surface area (Å²) in [5.41, 5.74) is 0. The minimum Gasteiger partial charge on any atom is -0.389 e. The SMILES string of the molecule is COCC(O)CNC1CCCCCCC1. The van der Waals surface area contributed by atoms with Gasteiger partial charge in [0.05, 0.1) is 12.7 Å². The van der Waals surface area contributed by atoms with Crippen LogP contribution in [0.2, 0.25) is 0 Å². The zero-order valence-corrected chi connectivity index (χ0v) is 9.87. The molecule has 0 amide bonds. The van der Waals surface area contributed by atoms with E-state index in [0.29, 0.717) is 19.2 Å². The van der Waals surface area contributed by atoms with Gasteiger partial charge in [0.2, 0.25) is 0 Å². The van der Waals surface area contributed by atoms with Crippen LogP contribution in [0.1, 0.15) is 44.9 Å². The predicted octanol–water partition coefficient (Wildman–Crippen LogP) is 1.70. The molecule has 0 saturated heterocycles. The average Bonchev–Trinajstić information content (AvgIpc) is 2.16. The van der Waals surface area contributed by atoms with Gasteiger partial charge in [0.1, 0.15) is 0 Å². The molecule has 0 heterocycles. The molecule has 15 heavy (non-hydrogen) atoms. The molecule has 0 aromatic rings. The van der Waals surface area contributed by atoms with Crippen LogP contribution in [-0.2, 0) is 4.74 Å². The van der Waals surface area contributed by atoms with Crippen molar-refractivity contribution in [2.45, 2.75) is 57.1 Å². The fourth-order valence-electron chi connectivity index (χ4n) is 2.21. The molecule has 0 radical (unpaired) electrons. The molecule has 3 heteroatoms. The van der Waals surface area contributed by atoms with Crippen LogP contribution in [-0.4, -0.2) is 37.5 Å². The molecule has 1 fully saturated rings. The Labute approximate surface area is 93.2 Å². The summed E-state index contributed by atoms with van der Waals surface area (Å²) >= 11 is 0. The van der Waals surface area contributed by atoms with Gasteiger partial charge in [-0.05, 0) is 12.8 Å². The van der Waals surface area contributed by atoms with Crippen molar-refractivity contribution in [3.05, 3.63) is 0 Å². The maximum atomic E-state index is 9.52. The highest BCUT2D eigenvalue weighted by molar-refractivity contribution is 4.71. The maximum Gasteiger partial charge on any atom is 0.0897 e. The van der Waals surface area contributed by atoms with Gasteiger partial charge < -0.3 is 15.2 Å². The Hall–Kier alpha value is -0.120. The van der Waals surface area contributed by atoms with Gasteiger partial charge in [0.25, 0.3) is 0 Å². The standard InChI is InChI=1S/C12H25NO2/c1-15-10-12(14)9-13-11-7-5-3-2-4-6-8-11/h11-14H,2-10H2,1H3. The third kappa shape index (κ3) is 6.13. The third-order valence-corrected chi connectivity index (χ3v) is 3.11. The number of nitrogens with one attached hydrogen (secondary N) is 1. The van der Waals surface area contributed by atoms with Crippen LogP contribution in [0.3, 0.4) is 0 Å². The van der Waals surface area contributed by atoms with Crippen LogP contribution in [0.4, 0.5) is 0 Å². The molecule has 2 N–H and O–H groups in total. The summed E-state index contributed by atoms with van der Waals surface area (Å²) in [4.78, 5) is 0. The molecule has 1 saturated carbocycles. The molecule has 1 rings (SSSR count). The molecule has 0 aromatic heterocycles. The third-order valence-electron chi connectivity index (χ3n) is 3.11. The number of aliphatic hydroxyl groups excluding tert-OH is 1. The maximum absolute atomic E-state index is 9.52. The number of hydrogen-bond acceptors (Lipinski definition) is 3. The summed E-state index contributed by atoms with van der Waals surface area (Å²) in [6.07, 6.45) is 8.98.